The maximum atomic E-state index is 14.0. The van der Waals surface area contributed by atoms with Crippen molar-refractivity contribution in [3.05, 3.63) is 62.6 Å². The Balaban J connectivity index is 1.72. The topological polar surface area (TPSA) is 83.4 Å². The van der Waals surface area contributed by atoms with Gasteiger partial charge in [-0.25, -0.2) is 13.2 Å². The zero-order chi connectivity index (χ0) is 23.0. The molecule has 2 aromatic rings. The SMILES string of the molecule is CCN1C(=O)C2=C(O)C(=O)/C(c3nnc(Cc4cc(F)c(F)cc4F)s3)=C\C1CCCC2. The predicted molar refractivity (Wildman–Crippen MR) is 111 cm³/mol. The first-order valence-electron chi connectivity index (χ1n) is 10.3. The van der Waals surface area contributed by atoms with Crippen LogP contribution in [0.25, 0.3) is 5.57 Å². The molecule has 1 aromatic carbocycles. The number of aliphatic hydroxyl groups excluding tert-OH is 1. The van der Waals surface area contributed by atoms with Gasteiger partial charge in [-0.15, -0.1) is 10.2 Å². The van der Waals surface area contributed by atoms with E-state index in [0.717, 1.165) is 23.8 Å². The minimum Gasteiger partial charge on any atom is -0.504 e. The number of halogens is 3. The molecule has 1 atom stereocenters. The third-order valence-electron chi connectivity index (χ3n) is 5.67. The lowest BCUT2D eigenvalue weighted by Crippen LogP contribution is -2.43. The highest BCUT2D eigenvalue weighted by molar-refractivity contribution is 7.12. The molecular weight excluding hydrogens is 443 g/mol. The van der Waals surface area contributed by atoms with Crippen LogP contribution < -0.4 is 0 Å². The highest BCUT2D eigenvalue weighted by Crippen LogP contribution is 2.33. The van der Waals surface area contributed by atoms with E-state index in [4.69, 9.17) is 0 Å². The van der Waals surface area contributed by atoms with E-state index in [0.29, 0.717) is 31.9 Å². The van der Waals surface area contributed by atoms with Gasteiger partial charge in [0.1, 0.15) is 10.8 Å². The fourth-order valence-electron chi connectivity index (χ4n) is 4.01. The van der Waals surface area contributed by atoms with Gasteiger partial charge in [0, 0.05) is 19.0 Å². The van der Waals surface area contributed by atoms with E-state index < -0.39 is 29.0 Å². The fourth-order valence-corrected chi connectivity index (χ4v) is 4.90. The van der Waals surface area contributed by atoms with Gasteiger partial charge < -0.3 is 10.0 Å². The molecule has 168 valence electrons. The number of benzene rings is 1. The Morgan fingerprint density at radius 3 is 2.62 bits per heavy atom. The molecule has 6 nitrogen and oxygen atoms in total. The minimum atomic E-state index is -1.28. The lowest BCUT2D eigenvalue weighted by molar-refractivity contribution is -0.130. The van der Waals surface area contributed by atoms with Crippen LogP contribution in [0.2, 0.25) is 0 Å². The first-order valence-corrected chi connectivity index (χ1v) is 11.1. The van der Waals surface area contributed by atoms with Gasteiger partial charge in [-0.3, -0.25) is 9.59 Å². The summed E-state index contributed by atoms with van der Waals surface area (Å²) in [5.74, 6) is -5.01. The van der Waals surface area contributed by atoms with Gasteiger partial charge >= 0.3 is 0 Å². The highest BCUT2D eigenvalue weighted by atomic mass is 32.1. The number of nitrogens with zero attached hydrogens (tertiary/aromatic N) is 3. The zero-order valence-electron chi connectivity index (χ0n) is 17.2. The molecule has 1 aromatic heterocycles. The maximum Gasteiger partial charge on any atom is 0.254 e. The van der Waals surface area contributed by atoms with Gasteiger partial charge in [0.2, 0.25) is 5.78 Å². The molecule has 1 N–H and O–H groups in total. The second-order valence-electron chi connectivity index (χ2n) is 7.68. The Morgan fingerprint density at radius 2 is 1.88 bits per heavy atom. The Bertz CT molecular complexity index is 1160. The molecule has 0 radical (unpaired) electrons. The quantitative estimate of drug-likeness (QED) is 0.690. The highest BCUT2D eigenvalue weighted by Gasteiger charge is 2.35. The number of amides is 1. The minimum absolute atomic E-state index is 0.0929. The number of carbonyl (C=O) groups is 2. The van der Waals surface area contributed by atoms with Crippen LogP contribution >= 0.6 is 11.3 Å². The molecule has 4 rings (SSSR count). The monoisotopic (exact) mass is 463 g/mol. The van der Waals surface area contributed by atoms with Crippen molar-refractivity contribution in [2.24, 2.45) is 0 Å². The van der Waals surface area contributed by atoms with Crippen molar-refractivity contribution >= 4 is 28.6 Å². The summed E-state index contributed by atoms with van der Waals surface area (Å²) in [5.41, 5.74) is 0.123. The summed E-state index contributed by atoms with van der Waals surface area (Å²) >= 11 is 0.992. The molecule has 2 aliphatic rings. The van der Waals surface area contributed by atoms with Crippen LogP contribution in [0.1, 0.15) is 48.2 Å². The molecule has 32 heavy (non-hydrogen) atoms. The van der Waals surface area contributed by atoms with Crippen LogP contribution in [-0.4, -0.2) is 44.5 Å². The van der Waals surface area contributed by atoms with E-state index in [9.17, 15) is 27.9 Å². The first-order chi connectivity index (χ1) is 15.3. The Labute approximate surface area is 186 Å². The van der Waals surface area contributed by atoms with Crippen LogP contribution in [0.4, 0.5) is 13.2 Å². The molecule has 1 unspecified atom stereocenters. The smallest absolute Gasteiger partial charge is 0.254 e. The Morgan fingerprint density at radius 1 is 1.12 bits per heavy atom. The molecule has 0 spiro atoms. The summed E-state index contributed by atoms with van der Waals surface area (Å²) in [5, 5.41) is 19.1. The van der Waals surface area contributed by atoms with Gasteiger partial charge in [0.05, 0.1) is 17.2 Å². The van der Waals surface area contributed by atoms with E-state index in [1.165, 1.54) is 0 Å². The van der Waals surface area contributed by atoms with E-state index >= 15 is 0 Å². The number of rotatable bonds is 4. The number of hydrogen-bond donors (Lipinski definition) is 1. The number of aromatic nitrogens is 2. The van der Waals surface area contributed by atoms with Gasteiger partial charge in [-0.1, -0.05) is 17.8 Å². The van der Waals surface area contributed by atoms with Crippen molar-refractivity contribution < 1.29 is 27.9 Å². The normalized spacial score (nSPS) is 21.2. The van der Waals surface area contributed by atoms with E-state index in [1.54, 1.807) is 11.0 Å². The molecule has 0 aliphatic carbocycles. The number of hydrogen-bond acceptors (Lipinski definition) is 6. The molecule has 1 amide bonds. The van der Waals surface area contributed by atoms with Gasteiger partial charge in [0.25, 0.3) is 5.91 Å². The molecule has 1 fully saturated rings. The van der Waals surface area contributed by atoms with Crippen LogP contribution in [-0.2, 0) is 16.0 Å². The van der Waals surface area contributed by atoms with Gasteiger partial charge in [0.15, 0.2) is 22.4 Å². The number of carbonyl (C=O) groups excluding carboxylic acids is 2. The lowest BCUT2D eigenvalue weighted by atomic mass is 9.91. The molecule has 0 saturated carbocycles. The summed E-state index contributed by atoms with van der Waals surface area (Å²) in [6.07, 6.45) is 3.97. The number of likely N-dealkylation sites (N-methyl/N-ethyl adjacent to an activating group) is 1. The molecule has 2 aliphatic heterocycles. The number of allylic oxidation sites excluding steroid dienone is 1. The van der Waals surface area contributed by atoms with Crippen LogP contribution in [0, 0.1) is 17.5 Å². The molecule has 3 heterocycles. The number of fused-ring (bicyclic) bond motifs is 3. The average molecular weight is 463 g/mol. The van der Waals surface area contributed by atoms with Crippen LogP contribution in [0.3, 0.4) is 0 Å². The molecular formula is C22H20F3N3O3S. The summed E-state index contributed by atoms with van der Waals surface area (Å²) in [7, 11) is 0. The van der Waals surface area contributed by atoms with Crippen molar-refractivity contribution in [1.29, 1.82) is 0 Å². The summed E-state index contributed by atoms with van der Waals surface area (Å²) in [6, 6.07) is 0.891. The summed E-state index contributed by atoms with van der Waals surface area (Å²) in [6.45, 7) is 2.24. The molecule has 1 saturated heterocycles. The third kappa shape index (κ3) is 4.06. The van der Waals surface area contributed by atoms with E-state index in [-0.39, 0.29) is 45.1 Å². The predicted octanol–water partition coefficient (Wildman–Crippen LogP) is 4.12. The second-order valence-corrected chi connectivity index (χ2v) is 8.74. The first kappa shape index (κ1) is 22.2. The number of Topliss-reactive ketones (excluding diaryl/α,β-unsaturated/α-hetero) is 1. The average Bonchev–Trinajstić information content (AvgIpc) is 3.21. The van der Waals surface area contributed by atoms with E-state index in [2.05, 4.69) is 10.2 Å². The van der Waals surface area contributed by atoms with Crippen molar-refractivity contribution in [2.45, 2.75) is 45.1 Å². The van der Waals surface area contributed by atoms with Crippen molar-refractivity contribution in [3.63, 3.8) is 0 Å². The standard InChI is InChI=1S/C22H20F3N3O3S/c1-2-28-12-5-3-4-6-13(22(28)31)19(29)20(30)14(9-12)21-27-26-18(32-21)8-11-7-16(24)17(25)10-15(11)23/h7,9-10,12,29H,2-6,8H2,1H3/b14-9+,19-13?. The maximum absolute atomic E-state index is 14.0. The Kier molecular flexibility index (Phi) is 6.14. The van der Waals surface area contributed by atoms with Crippen molar-refractivity contribution in [2.75, 3.05) is 6.54 Å². The van der Waals surface area contributed by atoms with Crippen molar-refractivity contribution in [3.8, 4) is 0 Å². The lowest BCUT2D eigenvalue weighted by Gasteiger charge is -2.33. The van der Waals surface area contributed by atoms with Crippen LogP contribution in [0.15, 0.2) is 29.5 Å². The van der Waals surface area contributed by atoms with Gasteiger partial charge in [-0.05, 0) is 43.9 Å². The van der Waals surface area contributed by atoms with Crippen LogP contribution in [0.5, 0.6) is 0 Å². The van der Waals surface area contributed by atoms with Crippen molar-refractivity contribution in [1.82, 2.24) is 15.1 Å². The summed E-state index contributed by atoms with van der Waals surface area (Å²) in [4.78, 5) is 27.5. The zero-order valence-corrected chi connectivity index (χ0v) is 18.0. The summed E-state index contributed by atoms with van der Waals surface area (Å²) < 4.78 is 40.7. The Hall–Kier alpha value is -3.01. The van der Waals surface area contributed by atoms with E-state index in [1.807, 2.05) is 6.92 Å². The molecule has 2 bridgehead atoms. The molecule has 10 heteroatoms. The largest absolute Gasteiger partial charge is 0.504 e. The number of ketones is 1. The third-order valence-corrected chi connectivity index (χ3v) is 6.63. The fraction of sp³-hybridized carbons (Fsp3) is 0.364. The second kappa shape index (κ2) is 8.85. The number of aliphatic hydroxyl groups is 1. The van der Waals surface area contributed by atoms with Gasteiger partial charge in [-0.2, -0.15) is 0 Å².